The van der Waals surface area contributed by atoms with Crippen LogP contribution in [-0.4, -0.2) is 79.1 Å². The first-order chi connectivity index (χ1) is 18.8. The molecule has 11 heteroatoms. The Hall–Kier alpha value is -3.54. The quantitative estimate of drug-likeness (QED) is 0.370. The summed E-state index contributed by atoms with van der Waals surface area (Å²) in [6.45, 7) is 2.51. The van der Waals surface area contributed by atoms with Crippen LogP contribution in [0, 0.1) is 5.82 Å². The van der Waals surface area contributed by atoms with Crippen LogP contribution in [0.5, 0.6) is 5.75 Å². The molecule has 2 saturated heterocycles. The maximum Gasteiger partial charge on any atom is 0.283 e. The molecule has 2 aliphatic rings. The smallest absolute Gasteiger partial charge is 0.283 e. The zero-order valence-corrected chi connectivity index (χ0v) is 22.4. The van der Waals surface area contributed by atoms with E-state index in [9.17, 15) is 17.4 Å². The Balaban J connectivity index is 1.23. The first-order valence-corrected chi connectivity index (χ1v) is 14.5. The van der Waals surface area contributed by atoms with Gasteiger partial charge < -0.3 is 14.5 Å². The molecular weight excluding hydrogens is 521 g/mol. The van der Waals surface area contributed by atoms with Gasteiger partial charge in [0.25, 0.3) is 10.1 Å². The van der Waals surface area contributed by atoms with Crippen molar-refractivity contribution in [3.8, 4) is 5.75 Å². The highest BCUT2D eigenvalue weighted by atomic mass is 32.2. The van der Waals surface area contributed by atoms with Crippen molar-refractivity contribution >= 4 is 43.3 Å². The molecule has 2 aromatic heterocycles. The zero-order valence-electron chi connectivity index (χ0n) is 21.6. The number of piperidine rings is 1. The standard InChI is InChI=1S/C28H30FN5O4S/c1-38-21-16-19-4-2-10-30-27(19)25(17-21)33-14-15-34(26(18-33)39(35,36)37)20-8-12-32(13-9-20)24-7-6-23(29)22-5-3-11-31-28(22)24/h2-7,10-11,16-17,20,26H,8-9,12-15,18H2,1H3,(H,35,36,37). The molecule has 2 aliphatic heterocycles. The lowest BCUT2D eigenvalue weighted by Crippen LogP contribution is -2.61. The first kappa shape index (κ1) is 25.7. The predicted octanol–water partition coefficient (Wildman–Crippen LogP) is 3.94. The van der Waals surface area contributed by atoms with E-state index in [1.165, 1.54) is 6.07 Å². The average molecular weight is 552 g/mol. The summed E-state index contributed by atoms with van der Waals surface area (Å²) in [5.74, 6) is 0.358. The normalized spacial score (nSPS) is 19.6. The van der Waals surface area contributed by atoms with E-state index in [0.29, 0.717) is 55.7 Å². The molecule has 0 aliphatic carbocycles. The molecular formula is C28H30FN5O4S. The van der Waals surface area contributed by atoms with Gasteiger partial charge in [0.2, 0.25) is 0 Å². The number of methoxy groups -OCH3 is 1. The summed E-state index contributed by atoms with van der Waals surface area (Å²) in [5, 5.41) is 0.313. The van der Waals surface area contributed by atoms with E-state index in [0.717, 1.165) is 22.3 Å². The minimum absolute atomic E-state index is 0.0184. The van der Waals surface area contributed by atoms with Gasteiger partial charge in [-0.1, -0.05) is 6.07 Å². The van der Waals surface area contributed by atoms with Crippen LogP contribution in [0.15, 0.2) is 60.9 Å². The van der Waals surface area contributed by atoms with Crippen molar-refractivity contribution in [1.82, 2.24) is 14.9 Å². The highest BCUT2D eigenvalue weighted by molar-refractivity contribution is 7.86. The fourth-order valence-corrected chi connectivity index (χ4v) is 6.98. The van der Waals surface area contributed by atoms with Crippen LogP contribution in [0.2, 0.25) is 0 Å². The van der Waals surface area contributed by atoms with Crippen LogP contribution in [0.3, 0.4) is 0 Å². The number of pyridine rings is 2. The largest absolute Gasteiger partial charge is 0.497 e. The van der Waals surface area contributed by atoms with Gasteiger partial charge in [-0.3, -0.25) is 19.4 Å². The number of fused-ring (bicyclic) bond motifs is 2. The minimum atomic E-state index is -4.37. The number of benzene rings is 2. The van der Waals surface area contributed by atoms with Crippen LogP contribution in [0.25, 0.3) is 21.8 Å². The summed E-state index contributed by atoms with van der Waals surface area (Å²) in [4.78, 5) is 15.0. The van der Waals surface area contributed by atoms with Gasteiger partial charge in [0.1, 0.15) is 11.6 Å². The molecule has 4 aromatic rings. The molecule has 2 aromatic carbocycles. The number of hydrogen-bond acceptors (Lipinski definition) is 8. The summed E-state index contributed by atoms with van der Waals surface area (Å²) in [6, 6.07) is 14.2. The third kappa shape index (κ3) is 4.86. The molecule has 0 amide bonds. The molecule has 204 valence electrons. The van der Waals surface area contributed by atoms with Crippen LogP contribution in [-0.2, 0) is 10.1 Å². The van der Waals surface area contributed by atoms with Crippen molar-refractivity contribution in [3.05, 3.63) is 66.7 Å². The molecule has 2 fully saturated rings. The molecule has 1 N–H and O–H groups in total. The average Bonchev–Trinajstić information content (AvgIpc) is 2.96. The predicted molar refractivity (Wildman–Crippen MR) is 149 cm³/mol. The summed E-state index contributed by atoms with van der Waals surface area (Å²) in [7, 11) is -2.77. The molecule has 0 saturated carbocycles. The summed E-state index contributed by atoms with van der Waals surface area (Å²) < 4.78 is 55.4. The number of halogens is 1. The summed E-state index contributed by atoms with van der Waals surface area (Å²) >= 11 is 0. The van der Waals surface area contributed by atoms with E-state index in [1.807, 2.05) is 34.1 Å². The number of rotatable bonds is 5. The Labute approximate surface area is 226 Å². The van der Waals surface area contributed by atoms with Crippen LogP contribution >= 0.6 is 0 Å². The maximum atomic E-state index is 14.3. The van der Waals surface area contributed by atoms with E-state index in [1.54, 1.807) is 37.7 Å². The number of piperazine rings is 1. The maximum absolute atomic E-state index is 14.3. The van der Waals surface area contributed by atoms with Gasteiger partial charge in [0.15, 0.2) is 5.37 Å². The van der Waals surface area contributed by atoms with Crippen molar-refractivity contribution < 1.29 is 22.1 Å². The second-order valence-corrected chi connectivity index (χ2v) is 11.6. The minimum Gasteiger partial charge on any atom is -0.497 e. The molecule has 39 heavy (non-hydrogen) atoms. The lowest BCUT2D eigenvalue weighted by molar-refractivity contribution is 0.133. The number of nitrogens with zero attached hydrogens (tertiary/aromatic N) is 5. The zero-order chi connectivity index (χ0) is 27.1. The van der Waals surface area contributed by atoms with E-state index in [-0.39, 0.29) is 18.4 Å². The highest BCUT2D eigenvalue weighted by Crippen LogP contribution is 2.35. The Kier molecular flexibility index (Phi) is 6.74. The molecule has 0 bridgehead atoms. The highest BCUT2D eigenvalue weighted by Gasteiger charge is 2.41. The van der Waals surface area contributed by atoms with Gasteiger partial charge in [-0.05, 0) is 49.2 Å². The van der Waals surface area contributed by atoms with Gasteiger partial charge in [-0.15, -0.1) is 0 Å². The number of anilines is 2. The monoisotopic (exact) mass is 551 g/mol. The van der Waals surface area contributed by atoms with Gasteiger partial charge in [-0.25, -0.2) is 4.39 Å². The fraction of sp³-hybridized carbons (Fsp3) is 0.357. The molecule has 0 radical (unpaired) electrons. The molecule has 1 unspecified atom stereocenters. The first-order valence-electron chi connectivity index (χ1n) is 13.0. The third-order valence-corrected chi connectivity index (χ3v) is 9.03. The Morgan fingerprint density at radius 3 is 2.41 bits per heavy atom. The van der Waals surface area contributed by atoms with Crippen LogP contribution < -0.4 is 14.5 Å². The lowest BCUT2D eigenvalue weighted by Gasteiger charge is -2.47. The fourth-order valence-electron chi connectivity index (χ4n) is 5.99. The number of ether oxygens (including phenoxy) is 1. The Morgan fingerprint density at radius 2 is 1.67 bits per heavy atom. The third-order valence-electron chi connectivity index (χ3n) is 7.92. The van der Waals surface area contributed by atoms with Gasteiger partial charge in [0, 0.05) is 61.5 Å². The molecule has 9 nitrogen and oxygen atoms in total. The summed E-state index contributed by atoms with van der Waals surface area (Å²) in [5.41, 5.74) is 3.04. The topological polar surface area (TPSA) is 99.1 Å². The van der Waals surface area contributed by atoms with Crippen molar-refractivity contribution in [3.63, 3.8) is 0 Å². The Bertz CT molecular complexity index is 1630. The van der Waals surface area contributed by atoms with Gasteiger partial charge in [-0.2, -0.15) is 8.42 Å². The molecule has 4 heterocycles. The van der Waals surface area contributed by atoms with Crippen molar-refractivity contribution in [2.45, 2.75) is 24.3 Å². The molecule has 6 rings (SSSR count). The molecule has 0 spiro atoms. The second-order valence-electron chi connectivity index (χ2n) is 10.1. The van der Waals surface area contributed by atoms with E-state index in [4.69, 9.17) is 4.74 Å². The van der Waals surface area contributed by atoms with Gasteiger partial charge >= 0.3 is 0 Å². The van der Waals surface area contributed by atoms with Crippen molar-refractivity contribution in [2.75, 3.05) is 49.6 Å². The van der Waals surface area contributed by atoms with Gasteiger partial charge in [0.05, 0.1) is 36.1 Å². The summed E-state index contributed by atoms with van der Waals surface area (Å²) in [6.07, 6.45) is 4.79. The van der Waals surface area contributed by atoms with Crippen LogP contribution in [0.4, 0.5) is 15.8 Å². The lowest BCUT2D eigenvalue weighted by atomic mass is 10.0. The Morgan fingerprint density at radius 1 is 0.923 bits per heavy atom. The van der Waals surface area contributed by atoms with Crippen LogP contribution in [0.1, 0.15) is 12.8 Å². The number of aromatic nitrogens is 2. The van der Waals surface area contributed by atoms with Crippen molar-refractivity contribution in [2.24, 2.45) is 0 Å². The molecule has 1 atom stereocenters. The van der Waals surface area contributed by atoms with E-state index < -0.39 is 15.5 Å². The van der Waals surface area contributed by atoms with E-state index >= 15 is 0 Å². The van der Waals surface area contributed by atoms with E-state index in [2.05, 4.69) is 14.9 Å². The number of hydrogen-bond donors (Lipinski definition) is 1. The van der Waals surface area contributed by atoms with Crippen molar-refractivity contribution in [1.29, 1.82) is 0 Å². The second kappa shape index (κ2) is 10.2. The SMILES string of the molecule is COc1cc(N2CCN(C3CCN(c4ccc(F)c5cccnc45)CC3)C(S(=O)(=O)O)C2)c2ncccc2c1.